The number of rotatable bonds is 5. The third-order valence-corrected chi connectivity index (χ3v) is 7.58. The van der Waals surface area contributed by atoms with Crippen molar-refractivity contribution in [2.24, 2.45) is 0 Å². The Bertz CT molecular complexity index is 1340. The Morgan fingerprint density at radius 3 is 2.15 bits per heavy atom. The summed E-state index contributed by atoms with van der Waals surface area (Å²) in [5, 5.41) is 17.3. The number of sulfonamides is 1. The Morgan fingerprint density at radius 1 is 0.879 bits per heavy atom. The maximum absolute atomic E-state index is 13.1. The first-order chi connectivity index (χ1) is 15.9. The second-order valence-electron chi connectivity index (χ2n) is 7.92. The van der Waals surface area contributed by atoms with E-state index in [1.165, 1.54) is 4.31 Å². The van der Waals surface area contributed by atoms with Gasteiger partial charge in [0.15, 0.2) is 11.6 Å². The van der Waals surface area contributed by atoms with Gasteiger partial charge >= 0.3 is 0 Å². The molecule has 5 rings (SSSR count). The van der Waals surface area contributed by atoms with Crippen molar-refractivity contribution in [1.29, 1.82) is 0 Å². The highest BCUT2D eigenvalue weighted by molar-refractivity contribution is 7.89. The van der Waals surface area contributed by atoms with Crippen LogP contribution in [0, 0.1) is 13.8 Å². The van der Waals surface area contributed by atoms with Crippen LogP contribution in [0.5, 0.6) is 0 Å². The summed E-state index contributed by atoms with van der Waals surface area (Å²) in [4.78, 5) is 2.33. The van der Waals surface area contributed by atoms with Gasteiger partial charge in [-0.15, -0.1) is 10.2 Å². The molecular weight excluding hydrogens is 440 g/mol. The van der Waals surface area contributed by atoms with Gasteiger partial charge in [-0.1, -0.05) is 0 Å². The molecule has 4 heterocycles. The predicted octanol–water partition coefficient (Wildman–Crippen LogP) is 1.98. The van der Waals surface area contributed by atoms with Gasteiger partial charge in [0.05, 0.1) is 16.3 Å². The molecule has 1 aromatic carbocycles. The summed E-state index contributed by atoms with van der Waals surface area (Å²) in [5.41, 5.74) is 2.73. The molecule has 0 spiro atoms. The molecule has 0 aliphatic carbocycles. The molecule has 0 saturated carbocycles. The van der Waals surface area contributed by atoms with Crippen molar-refractivity contribution >= 4 is 15.8 Å². The molecule has 0 bridgehead atoms. The molecule has 170 valence electrons. The van der Waals surface area contributed by atoms with E-state index in [9.17, 15) is 8.42 Å². The fourth-order valence-corrected chi connectivity index (χ4v) is 5.38. The molecule has 0 unspecified atom stereocenters. The van der Waals surface area contributed by atoms with Crippen molar-refractivity contribution in [3.8, 4) is 11.5 Å². The molecule has 33 heavy (non-hydrogen) atoms. The fourth-order valence-electron chi connectivity index (χ4n) is 3.96. The molecule has 0 atom stereocenters. The van der Waals surface area contributed by atoms with Crippen molar-refractivity contribution < 1.29 is 8.42 Å². The Hall–Kier alpha value is -3.57. The van der Waals surface area contributed by atoms with Crippen LogP contribution < -0.4 is 4.90 Å². The highest BCUT2D eigenvalue weighted by Gasteiger charge is 2.29. The lowest BCUT2D eigenvalue weighted by atomic mass is 10.3. The van der Waals surface area contributed by atoms with Crippen LogP contribution in [0.4, 0.5) is 5.82 Å². The zero-order valence-electron chi connectivity index (χ0n) is 18.4. The van der Waals surface area contributed by atoms with E-state index >= 15 is 0 Å². The van der Waals surface area contributed by atoms with Crippen LogP contribution in [0.1, 0.15) is 11.4 Å². The van der Waals surface area contributed by atoms with Crippen LogP contribution in [0.15, 0.2) is 65.8 Å². The topological polar surface area (TPSA) is 102 Å². The number of aryl methyl sites for hydroxylation is 2. The van der Waals surface area contributed by atoms with Gasteiger partial charge in [0.1, 0.15) is 0 Å². The normalized spacial score (nSPS) is 15.2. The molecular formula is C22H24N8O2S. The summed E-state index contributed by atoms with van der Waals surface area (Å²) in [6.45, 7) is 5.75. The first-order valence-electron chi connectivity index (χ1n) is 10.6. The summed E-state index contributed by atoms with van der Waals surface area (Å²) >= 11 is 0. The number of aromatic nitrogens is 6. The average molecular weight is 465 g/mol. The predicted molar refractivity (Wildman–Crippen MR) is 123 cm³/mol. The van der Waals surface area contributed by atoms with Gasteiger partial charge in [-0.2, -0.15) is 14.5 Å². The molecule has 10 nitrogen and oxygen atoms in total. The van der Waals surface area contributed by atoms with Crippen LogP contribution in [0.25, 0.3) is 11.5 Å². The molecule has 1 aliphatic heterocycles. The summed E-state index contributed by atoms with van der Waals surface area (Å²) in [6, 6.07) is 14.4. The van der Waals surface area contributed by atoms with Gasteiger partial charge in [0.2, 0.25) is 10.0 Å². The summed E-state index contributed by atoms with van der Waals surface area (Å²) in [7, 11) is -3.57. The number of benzene rings is 1. The molecule has 1 fully saturated rings. The van der Waals surface area contributed by atoms with Crippen molar-refractivity contribution in [1.82, 2.24) is 34.1 Å². The van der Waals surface area contributed by atoms with Crippen LogP contribution >= 0.6 is 0 Å². The molecule has 11 heteroatoms. The largest absolute Gasteiger partial charge is 0.352 e. The third-order valence-electron chi connectivity index (χ3n) is 5.67. The van der Waals surface area contributed by atoms with E-state index in [0.717, 1.165) is 22.9 Å². The van der Waals surface area contributed by atoms with Gasteiger partial charge in [-0.3, -0.25) is 0 Å². The maximum atomic E-state index is 13.1. The smallest absolute Gasteiger partial charge is 0.243 e. The Balaban J connectivity index is 1.25. The molecule has 3 aromatic heterocycles. The van der Waals surface area contributed by atoms with Crippen LogP contribution in [0.3, 0.4) is 0 Å². The van der Waals surface area contributed by atoms with Gasteiger partial charge in [-0.05, 0) is 62.4 Å². The van der Waals surface area contributed by atoms with E-state index in [2.05, 4.69) is 20.4 Å². The van der Waals surface area contributed by atoms with Crippen molar-refractivity contribution in [3.05, 3.63) is 72.3 Å². The number of hydrogen-bond donors (Lipinski definition) is 0. The maximum Gasteiger partial charge on any atom is 0.243 e. The molecule has 1 saturated heterocycles. The van der Waals surface area contributed by atoms with Crippen molar-refractivity contribution in [3.63, 3.8) is 0 Å². The molecule has 1 aliphatic rings. The van der Waals surface area contributed by atoms with E-state index in [1.54, 1.807) is 39.8 Å². The molecule has 4 aromatic rings. The minimum absolute atomic E-state index is 0.279. The highest BCUT2D eigenvalue weighted by atomic mass is 32.2. The van der Waals surface area contributed by atoms with Crippen molar-refractivity contribution in [2.45, 2.75) is 18.7 Å². The van der Waals surface area contributed by atoms with Crippen LogP contribution in [-0.4, -0.2) is 68.7 Å². The lowest BCUT2D eigenvalue weighted by Crippen LogP contribution is -2.49. The van der Waals surface area contributed by atoms with E-state index in [4.69, 9.17) is 0 Å². The summed E-state index contributed by atoms with van der Waals surface area (Å²) in [5.74, 6) is 1.38. The first kappa shape index (κ1) is 21.3. The summed E-state index contributed by atoms with van der Waals surface area (Å²) < 4.78 is 31.2. The van der Waals surface area contributed by atoms with Gasteiger partial charge in [0.25, 0.3) is 0 Å². The first-order valence-corrected chi connectivity index (χ1v) is 12.1. The number of piperazine rings is 1. The van der Waals surface area contributed by atoms with Gasteiger partial charge < -0.3 is 4.90 Å². The zero-order valence-corrected chi connectivity index (χ0v) is 19.2. The summed E-state index contributed by atoms with van der Waals surface area (Å²) in [6.07, 6.45) is 3.50. The Labute approximate surface area is 192 Å². The van der Waals surface area contributed by atoms with Gasteiger partial charge in [-0.25, -0.2) is 17.8 Å². The highest BCUT2D eigenvalue weighted by Crippen LogP contribution is 2.21. The third kappa shape index (κ3) is 4.12. The Kier molecular flexibility index (Phi) is 5.43. The van der Waals surface area contributed by atoms with Gasteiger partial charge in [0, 0.05) is 44.3 Å². The average Bonchev–Trinajstić information content (AvgIpc) is 3.49. The monoisotopic (exact) mass is 464 g/mol. The molecule has 0 amide bonds. The van der Waals surface area contributed by atoms with E-state index < -0.39 is 10.0 Å². The minimum atomic E-state index is -3.57. The number of hydrogen-bond acceptors (Lipinski definition) is 7. The second-order valence-corrected chi connectivity index (χ2v) is 9.86. The fraction of sp³-hybridized carbons (Fsp3) is 0.273. The van der Waals surface area contributed by atoms with E-state index in [-0.39, 0.29) is 4.90 Å². The van der Waals surface area contributed by atoms with Crippen LogP contribution in [0.2, 0.25) is 0 Å². The van der Waals surface area contributed by atoms with Crippen LogP contribution in [-0.2, 0) is 10.0 Å². The van der Waals surface area contributed by atoms with E-state index in [0.29, 0.717) is 32.0 Å². The molecule has 0 N–H and O–H groups in total. The lowest BCUT2D eigenvalue weighted by molar-refractivity contribution is 0.383. The number of anilines is 1. The second kappa shape index (κ2) is 8.41. The standard InChI is InChI=1S/C22H24N8O2S/c1-17-16-18(2)30(26-17)22-9-8-21(24-25-22)27-12-14-28(15-13-27)33(31,32)20-6-4-19(5-7-20)29-11-3-10-23-29/h3-11,16H,12-15H2,1-2H3. The quantitative estimate of drug-likeness (QED) is 0.445. The lowest BCUT2D eigenvalue weighted by Gasteiger charge is -2.34. The minimum Gasteiger partial charge on any atom is -0.352 e. The van der Waals surface area contributed by atoms with Crippen molar-refractivity contribution in [2.75, 3.05) is 31.1 Å². The molecule has 0 radical (unpaired) electrons. The number of nitrogens with zero attached hydrogens (tertiary/aromatic N) is 8. The zero-order chi connectivity index (χ0) is 23.0. The Morgan fingerprint density at radius 2 is 1.58 bits per heavy atom. The van der Waals surface area contributed by atoms with E-state index in [1.807, 2.05) is 49.2 Å². The SMILES string of the molecule is Cc1cc(C)n(-c2ccc(N3CCN(S(=O)(=O)c4ccc(-n5cccn5)cc4)CC3)nn2)n1.